The second-order valence-corrected chi connectivity index (χ2v) is 8.90. The van der Waals surface area contributed by atoms with Gasteiger partial charge in [0.2, 0.25) is 11.8 Å². The molecular weight excluding hydrogens is 445 g/mol. The van der Waals surface area contributed by atoms with Gasteiger partial charge in [0.05, 0.1) is 15.7 Å². The van der Waals surface area contributed by atoms with Crippen LogP contribution >= 0.6 is 35.0 Å². The molecule has 0 unspecified atom stereocenters. The Morgan fingerprint density at radius 3 is 2.50 bits per heavy atom. The van der Waals surface area contributed by atoms with Crippen molar-refractivity contribution in [1.82, 2.24) is 4.90 Å². The summed E-state index contributed by atoms with van der Waals surface area (Å²) >= 11 is 13.1. The quantitative estimate of drug-likeness (QED) is 0.627. The number of amidine groups is 1. The topological polar surface area (TPSA) is 82.0 Å². The number of carbonyl (C=O) groups is 2. The predicted molar refractivity (Wildman–Crippen MR) is 123 cm³/mol. The van der Waals surface area contributed by atoms with Gasteiger partial charge in [0, 0.05) is 18.7 Å². The third-order valence-corrected chi connectivity index (χ3v) is 6.34. The average Bonchev–Trinajstić information content (AvgIpc) is 2.96. The number of aromatic hydroxyl groups is 1. The Labute approximate surface area is 189 Å². The van der Waals surface area contributed by atoms with Crippen LogP contribution in [0.25, 0.3) is 0 Å². The zero-order valence-corrected chi connectivity index (χ0v) is 19.0. The van der Waals surface area contributed by atoms with Gasteiger partial charge in [-0.25, -0.2) is 4.99 Å². The van der Waals surface area contributed by atoms with Crippen LogP contribution in [0.3, 0.4) is 0 Å². The molecule has 0 radical (unpaired) electrons. The third-order valence-electron chi connectivity index (χ3n) is 4.59. The van der Waals surface area contributed by atoms with Crippen molar-refractivity contribution in [3.8, 4) is 5.75 Å². The standard InChI is InChI=1S/C21H21Cl2N3O3S/c1-4-26-20(29)17(10-18(27)25-16-6-5-11(2)7-12(16)3)30-21(26)24-13-8-14(22)19(28)15(23)9-13/h5-9,17,28H,4,10H2,1-3H3,(H,25,27)/t17-/m0/s1. The number of thioether (sulfide) groups is 1. The molecule has 2 aromatic carbocycles. The van der Waals surface area contributed by atoms with Crippen LogP contribution in [-0.2, 0) is 9.59 Å². The first-order valence-corrected chi connectivity index (χ1v) is 10.9. The first-order chi connectivity index (χ1) is 14.2. The number of hydrogen-bond acceptors (Lipinski definition) is 5. The second kappa shape index (κ2) is 9.29. The lowest BCUT2D eigenvalue weighted by Gasteiger charge is -2.14. The Morgan fingerprint density at radius 1 is 1.23 bits per heavy atom. The number of anilines is 1. The van der Waals surface area contributed by atoms with Gasteiger partial charge in [0.15, 0.2) is 10.9 Å². The maximum absolute atomic E-state index is 12.8. The van der Waals surface area contributed by atoms with Crippen molar-refractivity contribution in [2.75, 3.05) is 11.9 Å². The minimum Gasteiger partial charge on any atom is -0.505 e. The number of phenols is 1. The molecule has 2 N–H and O–H groups in total. The van der Waals surface area contributed by atoms with Crippen LogP contribution in [0.1, 0.15) is 24.5 Å². The van der Waals surface area contributed by atoms with Gasteiger partial charge in [0.1, 0.15) is 5.25 Å². The van der Waals surface area contributed by atoms with Crippen LogP contribution in [0.15, 0.2) is 35.3 Å². The van der Waals surface area contributed by atoms with Gasteiger partial charge < -0.3 is 10.4 Å². The van der Waals surface area contributed by atoms with Crippen molar-refractivity contribution in [3.05, 3.63) is 51.5 Å². The Bertz CT molecular complexity index is 1020. The molecule has 0 bridgehead atoms. The molecule has 1 heterocycles. The molecule has 1 atom stereocenters. The number of nitrogens with zero attached hydrogens (tertiary/aromatic N) is 2. The Balaban J connectivity index is 1.76. The van der Waals surface area contributed by atoms with Crippen molar-refractivity contribution >= 4 is 63.3 Å². The summed E-state index contributed by atoms with van der Waals surface area (Å²) in [4.78, 5) is 31.3. The van der Waals surface area contributed by atoms with Gasteiger partial charge in [0.25, 0.3) is 0 Å². The fourth-order valence-corrected chi connectivity index (χ4v) is 4.76. The van der Waals surface area contributed by atoms with E-state index in [1.807, 2.05) is 39.0 Å². The van der Waals surface area contributed by atoms with E-state index in [4.69, 9.17) is 23.2 Å². The lowest BCUT2D eigenvalue weighted by atomic mass is 10.1. The number of amides is 2. The van der Waals surface area contributed by atoms with E-state index in [2.05, 4.69) is 10.3 Å². The van der Waals surface area contributed by atoms with Crippen LogP contribution in [-0.4, -0.2) is 38.8 Å². The lowest BCUT2D eigenvalue weighted by Crippen LogP contribution is -2.33. The monoisotopic (exact) mass is 465 g/mol. The smallest absolute Gasteiger partial charge is 0.242 e. The summed E-state index contributed by atoms with van der Waals surface area (Å²) < 4.78 is 0. The fraction of sp³-hybridized carbons (Fsp3) is 0.286. The van der Waals surface area contributed by atoms with Crippen molar-refractivity contribution < 1.29 is 14.7 Å². The van der Waals surface area contributed by atoms with Crippen molar-refractivity contribution in [3.63, 3.8) is 0 Å². The number of phenolic OH excluding ortho intramolecular Hbond substituents is 1. The number of carbonyl (C=O) groups excluding carboxylic acids is 2. The summed E-state index contributed by atoms with van der Waals surface area (Å²) in [5, 5.41) is 12.6. The second-order valence-electron chi connectivity index (χ2n) is 6.91. The van der Waals surface area contributed by atoms with E-state index >= 15 is 0 Å². The molecule has 2 aromatic rings. The maximum Gasteiger partial charge on any atom is 0.242 e. The fourth-order valence-electron chi connectivity index (χ4n) is 3.07. The molecule has 0 spiro atoms. The van der Waals surface area contributed by atoms with E-state index in [0.29, 0.717) is 17.4 Å². The molecule has 0 saturated carbocycles. The molecule has 0 aliphatic carbocycles. The first-order valence-electron chi connectivity index (χ1n) is 9.31. The van der Waals surface area contributed by atoms with Gasteiger partial charge in [-0.2, -0.15) is 0 Å². The summed E-state index contributed by atoms with van der Waals surface area (Å²) in [5.41, 5.74) is 3.22. The van der Waals surface area contributed by atoms with Crippen LogP contribution in [0.5, 0.6) is 5.75 Å². The molecule has 2 amide bonds. The number of hydrogen-bond donors (Lipinski definition) is 2. The normalized spacial score (nSPS) is 17.6. The summed E-state index contributed by atoms with van der Waals surface area (Å²) in [6.45, 7) is 6.17. The Morgan fingerprint density at radius 2 is 1.90 bits per heavy atom. The van der Waals surface area contributed by atoms with Gasteiger partial charge >= 0.3 is 0 Å². The molecule has 0 aromatic heterocycles. The molecule has 158 valence electrons. The van der Waals surface area contributed by atoms with E-state index in [1.165, 1.54) is 28.8 Å². The van der Waals surface area contributed by atoms with Crippen molar-refractivity contribution in [2.24, 2.45) is 4.99 Å². The maximum atomic E-state index is 12.8. The highest BCUT2D eigenvalue weighted by Gasteiger charge is 2.38. The van der Waals surface area contributed by atoms with Gasteiger partial charge in [-0.05, 0) is 44.5 Å². The Hall–Kier alpha value is -2.22. The zero-order valence-electron chi connectivity index (χ0n) is 16.7. The van der Waals surface area contributed by atoms with E-state index in [-0.39, 0.29) is 34.0 Å². The van der Waals surface area contributed by atoms with Crippen LogP contribution in [0.2, 0.25) is 10.0 Å². The molecule has 1 fully saturated rings. The summed E-state index contributed by atoms with van der Waals surface area (Å²) in [7, 11) is 0. The van der Waals surface area contributed by atoms with E-state index in [0.717, 1.165) is 16.8 Å². The minimum absolute atomic E-state index is 0.0312. The number of benzene rings is 2. The molecule has 1 saturated heterocycles. The number of halogens is 2. The molecule has 30 heavy (non-hydrogen) atoms. The van der Waals surface area contributed by atoms with Crippen LogP contribution in [0.4, 0.5) is 11.4 Å². The van der Waals surface area contributed by atoms with Crippen LogP contribution in [0, 0.1) is 13.8 Å². The molecule has 1 aliphatic rings. The average molecular weight is 466 g/mol. The number of rotatable bonds is 5. The summed E-state index contributed by atoms with van der Waals surface area (Å²) in [6.07, 6.45) is 0.0312. The highest BCUT2D eigenvalue weighted by Crippen LogP contribution is 2.38. The third kappa shape index (κ3) is 4.91. The number of aliphatic imine (C=N–C) groups is 1. The van der Waals surface area contributed by atoms with Gasteiger partial charge in [-0.15, -0.1) is 0 Å². The zero-order chi connectivity index (χ0) is 22.0. The van der Waals surface area contributed by atoms with Crippen molar-refractivity contribution in [1.29, 1.82) is 0 Å². The molecule has 9 heteroatoms. The number of nitrogens with one attached hydrogen (secondary N) is 1. The summed E-state index contributed by atoms with van der Waals surface area (Å²) in [6, 6.07) is 8.71. The first kappa shape index (κ1) is 22.5. The predicted octanol–water partition coefficient (Wildman–Crippen LogP) is 5.30. The molecule has 1 aliphatic heterocycles. The molecule has 6 nitrogen and oxygen atoms in total. The molecule has 3 rings (SSSR count). The van der Waals surface area contributed by atoms with E-state index in [9.17, 15) is 14.7 Å². The summed E-state index contributed by atoms with van der Waals surface area (Å²) in [5.74, 6) is -0.625. The highest BCUT2D eigenvalue weighted by atomic mass is 35.5. The van der Waals surface area contributed by atoms with E-state index < -0.39 is 5.25 Å². The van der Waals surface area contributed by atoms with Crippen LogP contribution < -0.4 is 5.32 Å². The van der Waals surface area contributed by atoms with Gasteiger partial charge in [-0.1, -0.05) is 52.7 Å². The largest absolute Gasteiger partial charge is 0.505 e. The number of aryl methyl sites for hydroxylation is 2. The molecular formula is C21H21Cl2N3O3S. The SMILES string of the molecule is CCN1C(=O)[C@H](CC(=O)Nc2ccc(C)cc2C)SC1=Nc1cc(Cl)c(O)c(Cl)c1. The Kier molecular flexibility index (Phi) is 6.95. The van der Waals surface area contributed by atoms with E-state index in [1.54, 1.807) is 0 Å². The highest BCUT2D eigenvalue weighted by molar-refractivity contribution is 8.15. The minimum atomic E-state index is -0.572. The van der Waals surface area contributed by atoms with Gasteiger partial charge in [-0.3, -0.25) is 14.5 Å². The van der Waals surface area contributed by atoms with Crippen molar-refractivity contribution in [2.45, 2.75) is 32.4 Å². The lowest BCUT2D eigenvalue weighted by molar-refractivity contribution is -0.128.